The summed E-state index contributed by atoms with van der Waals surface area (Å²) in [6, 6.07) is 3.50. The molecule has 1 N–H and O–H groups in total. The number of ketones is 1. The molecule has 0 bridgehead atoms. The zero-order valence-corrected chi connectivity index (χ0v) is 8.49. The van der Waals surface area contributed by atoms with Gasteiger partial charge < -0.3 is 5.32 Å². The highest BCUT2D eigenvalue weighted by molar-refractivity contribution is 6.10. The van der Waals surface area contributed by atoms with E-state index in [0.29, 0.717) is 18.5 Å². The molecule has 78 valence electrons. The second-order valence-corrected chi connectivity index (χ2v) is 3.68. The summed E-state index contributed by atoms with van der Waals surface area (Å²) in [6.07, 6.45) is 2.12. The molecule has 0 spiro atoms. The summed E-state index contributed by atoms with van der Waals surface area (Å²) in [5.41, 5.74) is 1.38. The van der Waals surface area contributed by atoms with Crippen molar-refractivity contribution in [3.8, 4) is 0 Å². The molecule has 1 aromatic rings. The lowest BCUT2D eigenvalue weighted by atomic mass is 9.97. The number of aromatic nitrogens is 1. The maximum absolute atomic E-state index is 11.9. The summed E-state index contributed by atoms with van der Waals surface area (Å²) in [4.78, 5) is 27.2. The summed E-state index contributed by atoms with van der Waals surface area (Å²) in [7, 11) is 0. The van der Waals surface area contributed by atoms with Crippen LogP contribution in [0.15, 0.2) is 18.3 Å². The number of hydrogen-bond donors (Lipinski definition) is 1. The topological polar surface area (TPSA) is 59.1 Å². The first-order valence-corrected chi connectivity index (χ1v) is 4.93. The molecule has 1 fully saturated rings. The molecule has 1 saturated heterocycles. The fourth-order valence-electron chi connectivity index (χ4n) is 1.66. The number of carbonyl (C=O) groups is 2. The minimum Gasteiger partial charge on any atom is -0.355 e. The number of nitrogens with one attached hydrogen (secondary N) is 1. The van der Waals surface area contributed by atoms with Crippen LogP contribution in [0.5, 0.6) is 0 Å². The lowest BCUT2D eigenvalue weighted by Gasteiger charge is -2.05. The molecule has 0 aromatic carbocycles. The first kappa shape index (κ1) is 9.83. The van der Waals surface area contributed by atoms with Crippen LogP contribution in [0.2, 0.25) is 0 Å². The minimum atomic E-state index is -0.519. The van der Waals surface area contributed by atoms with Crippen molar-refractivity contribution in [2.75, 3.05) is 6.54 Å². The van der Waals surface area contributed by atoms with Gasteiger partial charge in [-0.05, 0) is 25.5 Å². The Morgan fingerprint density at radius 1 is 1.53 bits per heavy atom. The number of hydrogen-bond acceptors (Lipinski definition) is 3. The van der Waals surface area contributed by atoms with Gasteiger partial charge in [0.1, 0.15) is 5.92 Å². The van der Waals surface area contributed by atoms with Crippen molar-refractivity contribution in [2.45, 2.75) is 13.3 Å². The maximum Gasteiger partial charge on any atom is 0.231 e. The zero-order chi connectivity index (χ0) is 10.8. The number of amides is 1. The van der Waals surface area contributed by atoms with Crippen molar-refractivity contribution in [1.82, 2.24) is 10.3 Å². The van der Waals surface area contributed by atoms with E-state index in [9.17, 15) is 9.59 Å². The van der Waals surface area contributed by atoms with Gasteiger partial charge in [0.2, 0.25) is 5.91 Å². The van der Waals surface area contributed by atoms with Gasteiger partial charge in [0.05, 0.1) is 0 Å². The largest absolute Gasteiger partial charge is 0.355 e. The standard InChI is InChI=1S/C11H12N2O2/c1-7-2-3-8(6-13-7)10(14)9-4-5-12-11(9)15/h2-3,6,9H,4-5H2,1H3,(H,12,15). The van der Waals surface area contributed by atoms with Crippen LogP contribution in [0.1, 0.15) is 22.5 Å². The van der Waals surface area contributed by atoms with Gasteiger partial charge in [-0.15, -0.1) is 0 Å². The van der Waals surface area contributed by atoms with E-state index < -0.39 is 5.92 Å². The van der Waals surface area contributed by atoms with Gasteiger partial charge >= 0.3 is 0 Å². The normalized spacial score (nSPS) is 20.1. The van der Waals surface area contributed by atoms with Crippen LogP contribution in [-0.2, 0) is 4.79 Å². The Labute approximate surface area is 87.7 Å². The highest BCUT2D eigenvalue weighted by Gasteiger charge is 2.31. The van der Waals surface area contributed by atoms with Crippen LogP contribution in [0.4, 0.5) is 0 Å². The summed E-state index contributed by atoms with van der Waals surface area (Å²) in [5.74, 6) is -0.812. The van der Waals surface area contributed by atoms with Crippen LogP contribution < -0.4 is 5.32 Å². The van der Waals surface area contributed by atoms with Gasteiger partial charge in [-0.3, -0.25) is 14.6 Å². The Bertz CT molecular complexity index is 398. The molecule has 1 atom stereocenters. The predicted molar refractivity (Wildman–Crippen MR) is 54.4 cm³/mol. The minimum absolute atomic E-state index is 0.127. The fourth-order valence-corrected chi connectivity index (χ4v) is 1.66. The molecule has 2 rings (SSSR count). The van der Waals surface area contributed by atoms with Gasteiger partial charge in [0.15, 0.2) is 5.78 Å². The molecule has 1 unspecified atom stereocenters. The van der Waals surface area contributed by atoms with E-state index in [-0.39, 0.29) is 11.7 Å². The first-order valence-electron chi connectivity index (χ1n) is 4.93. The number of pyridine rings is 1. The number of aryl methyl sites for hydroxylation is 1. The number of nitrogens with zero attached hydrogens (tertiary/aromatic N) is 1. The van der Waals surface area contributed by atoms with Gasteiger partial charge in [0, 0.05) is 24.0 Å². The molecule has 0 radical (unpaired) electrons. The summed E-state index contributed by atoms with van der Waals surface area (Å²) in [6.45, 7) is 2.45. The second kappa shape index (κ2) is 3.81. The third-order valence-corrected chi connectivity index (χ3v) is 2.56. The molecule has 2 heterocycles. The molecule has 4 nitrogen and oxygen atoms in total. The number of carbonyl (C=O) groups excluding carboxylic acids is 2. The fraction of sp³-hybridized carbons (Fsp3) is 0.364. The molecule has 1 aliphatic heterocycles. The smallest absolute Gasteiger partial charge is 0.231 e. The molecule has 1 aromatic heterocycles. The third-order valence-electron chi connectivity index (χ3n) is 2.56. The Morgan fingerprint density at radius 3 is 2.87 bits per heavy atom. The van der Waals surface area contributed by atoms with Gasteiger partial charge in [-0.1, -0.05) is 0 Å². The molecule has 0 saturated carbocycles. The van der Waals surface area contributed by atoms with Crippen molar-refractivity contribution in [2.24, 2.45) is 5.92 Å². The quantitative estimate of drug-likeness (QED) is 0.570. The lowest BCUT2D eigenvalue weighted by molar-refractivity contribution is -0.121. The Balaban J connectivity index is 2.20. The molecule has 1 aliphatic rings. The van der Waals surface area contributed by atoms with E-state index in [1.807, 2.05) is 6.92 Å². The van der Waals surface area contributed by atoms with Crippen molar-refractivity contribution >= 4 is 11.7 Å². The van der Waals surface area contributed by atoms with Crippen LogP contribution in [0.3, 0.4) is 0 Å². The predicted octanol–water partition coefficient (Wildman–Crippen LogP) is 0.709. The summed E-state index contributed by atoms with van der Waals surface area (Å²) < 4.78 is 0. The summed E-state index contributed by atoms with van der Waals surface area (Å²) >= 11 is 0. The Morgan fingerprint density at radius 2 is 2.33 bits per heavy atom. The Hall–Kier alpha value is -1.71. The van der Waals surface area contributed by atoms with E-state index in [0.717, 1.165) is 5.69 Å². The van der Waals surface area contributed by atoms with Crippen LogP contribution in [0, 0.1) is 12.8 Å². The van der Waals surface area contributed by atoms with E-state index >= 15 is 0 Å². The molecule has 0 aliphatic carbocycles. The van der Waals surface area contributed by atoms with Crippen LogP contribution in [-0.4, -0.2) is 23.2 Å². The van der Waals surface area contributed by atoms with E-state index in [1.54, 1.807) is 12.1 Å². The first-order chi connectivity index (χ1) is 7.18. The van der Waals surface area contributed by atoms with Crippen molar-refractivity contribution < 1.29 is 9.59 Å². The van der Waals surface area contributed by atoms with Gasteiger partial charge in [0.25, 0.3) is 0 Å². The van der Waals surface area contributed by atoms with E-state index in [4.69, 9.17) is 0 Å². The van der Waals surface area contributed by atoms with Crippen molar-refractivity contribution in [3.63, 3.8) is 0 Å². The molecule has 15 heavy (non-hydrogen) atoms. The average Bonchev–Trinajstić information content (AvgIpc) is 2.65. The van der Waals surface area contributed by atoms with Crippen molar-refractivity contribution in [3.05, 3.63) is 29.6 Å². The highest BCUT2D eigenvalue weighted by atomic mass is 16.2. The highest BCUT2D eigenvalue weighted by Crippen LogP contribution is 2.16. The van der Waals surface area contributed by atoms with Gasteiger partial charge in [-0.2, -0.15) is 0 Å². The van der Waals surface area contributed by atoms with E-state index in [1.165, 1.54) is 6.20 Å². The monoisotopic (exact) mass is 204 g/mol. The van der Waals surface area contributed by atoms with Crippen LogP contribution >= 0.6 is 0 Å². The second-order valence-electron chi connectivity index (χ2n) is 3.68. The Kier molecular flexibility index (Phi) is 2.49. The molecule has 1 amide bonds. The zero-order valence-electron chi connectivity index (χ0n) is 8.49. The summed E-state index contributed by atoms with van der Waals surface area (Å²) in [5, 5.41) is 2.65. The maximum atomic E-state index is 11.9. The lowest BCUT2D eigenvalue weighted by Crippen LogP contribution is -2.25. The number of Topliss-reactive ketones (excluding diaryl/α,β-unsaturated/α-hetero) is 1. The van der Waals surface area contributed by atoms with Crippen LogP contribution in [0.25, 0.3) is 0 Å². The van der Waals surface area contributed by atoms with Crippen molar-refractivity contribution in [1.29, 1.82) is 0 Å². The van der Waals surface area contributed by atoms with Gasteiger partial charge in [-0.25, -0.2) is 0 Å². The molecular weight excluding hydrogens is 192 g/mol. The number of rotatable bonds is 2. The average molecular weight is 204 g/mol. The molecular formula is C11H12N2O2. The SMILES string of the molecule is Cc1ccc(C(=O)C2CCNC2=O)cn1. The molecule has 4 heteroatoms. The van der Waals surface area contributed by atoms with E-state index in [2.05, 4.69) is 10.3 Å². The third kappa shape index (κ3) is 1.88.